The van der Waals surface area contributed by atoms with E-state index >= 15 is 0 Å². The zero-order valence-electron chi connectivity index (χ0n) is 13.6. The zero-order chi connectivity index (χ0) is 15.3. The van der Waals surface area contributed by atoms with E-state index < -0.39 is 5.60 Å². The third-order valence-corrected chi connectivity index (χ3v) is 4.05. The Kier molecular flexibility index (Phi) is 5.65. The molecule has 3 nitrogen and oxygen atoms in total. The van der Waals surface area contributed by atoms with Crippen molar-refractivity contribution in [3.63, 3.8) is 0 Å². The summed E-state index contributed by atoms with van der Waals surface area (Å²) in [7, 11) is 0. The number of nitrogens with one attached hydrogen (secondary N) is 1. The molecular formula is C18H29NO2. The molecule has 3 heteroatoms. The fourth-order valence-electron chi connectivity index (χ4n) is 2.82. The van der Waals surface area contributed by atoms with Gasteiger partial charge in [-0.1, -0.05) is 13.0 Å². The molecule has 1 unspecified atom stereocenters. The average molecular weight is 291 g/mol. The van der Waals surface area contributed by atoms with Crippen molar-refractivity contribution in [2.24, 2.45) is 0 Å². The van der Waals surface area contributed by atoms with Gasteiger partial charge in [0.05, 0.1) is 12.2 Å². The van der Waals surface area contributed by atoms with Crippen LogP contribution in [0, 0.1) is 0 Å². The van der Waals surface area contributed by atoms with Crippen molar-refractivity contribution in [1.82, 2.24) is 5.32 Å². The zero-order valence-corrected chi connectivity index (χ0v) is 13.6. The van der Waals surface area contributed by atoms with Gasteiger partial charge in [-0.15, -0.1) is 0 Å². The molecule has 0 aliphatic heterocycles. The molecule has 0 fully saturated rings. The van der Waals surface area contributed by atoms with Crippen molar-refractivity contribution >= 4 is 0 Å². The SMILES string of the molecule is CCCNC1CCCc2ccc(OCCC(C)(C)O)cc21. The summed E-state index contributed by atoms with van der Waals surface area (Å²) in [6.07, 6.45) is 5.44. The van der Waals surface area contributed by atoms with E-state index in [1.54, 1.807) is 0 Å². The van der Waals surface area contributed by atoms with E-state index in [0.29, 0.717) is 19.1 Å². The minimum atomic E-state index is -0.667. The Hall–Kier alpha value is -1.06. The molecule has 118 valence electrons. The predicted molar refractivity (Wildman–Crippen MR) is 86.8 cm³/mol. The van der Waals surface area contributed by atoms with E-state index in [0.717, 1.165) is 18.7 Å². The Morgan fingerprint density at radius 3 is 2.90 bits per heavy atom. The van der Waals surface area contributed by atoms with Crippen molar-refractivity contribution in [1.29, 1.82) is 0 Å². The van der Waals surface area contributed by atoms with Crippen LogP contribution < -0.4 is 10.1 Å². The number of rotatable bonds is 7. The Morgan fingerprint density at radius 1 is 1.38 bits per heavy atom. The standard InChI is InChI=1S/C18H29NO2/c1-4-11-19-17-7-5-6-14-8-9-15(13-16(14)17)21-12-10-18(2,3)20/h8-9,13,17,19-20H,4-7,10-12H2,1-3H3. The second-order valence-corrected chi connectivity index (χ2v) is 6.67. The maximum absolute atomic E-state index is 9.74. The monoisotopic (exact) mass is 291 g/mol. The molecule has 1 aromatic carbocycles. The lowest BCUT2D eigenvalue weighted by atomic mass is 9.87. The van der Waals surface area contributed by atoms with Crippen LogP contribution in [-0.2, 0) is 6.42 Å². The quantitative estimate of drug-likeness (QED) is 0.806. The van der Waals surface area contributed by atoms with E-state index in [2.05, 4.69) is 30.4 Å². The summed E-state index contributed by atoms with van der Waals surface area (Å²) in [5.41, 5.74) is 2.18. The topological polar surface area (TPSA) is 41.5 Å². The molecule has 0 amide bonds. The van der Waals surface area contributed by atoms with E-state index in [1.807, 2.05) is 13.8 Å². The molecule has 0 heterocycles. The molecule has 0 saturated carbocycles. The summed E-state index contributed by atoms with van der Waals surface area (Å²) in [5.74, 6) is 0.920. The fourth-order valence-corrected chi connectivity index (χ4v) is 2.82. The first-order valence-corrected chi connectivity index (χ1v) is 8.21. The molecule has 1 atom stereocenters. The highest BCUT2D eigenvalue weighted by Crippen LogP contribution is 2.32. The van der Waals surface area contributed by atoms with Crippen LogP contribution in [0.5, 0.6) is 5.75 Å². The Morgan fingerprint density at radius 2 is 2.19 bits per heavy atom. The van der Waals surface area contributed by atoms with E-state index in [9.17, 15) is 5.11 Å². The number of fused-ring (bicyclic) bond motifs is 1. The second kappa shape index (κ2) is 7.28. The van der Waals surface area contributed by atoms with Gasteiger partial charge in [0, 0.05) is 12.5 Å². The highest BCUT2D eigenvalue weighted by atomic mass is 16.5. The number of aryl methyl sites for hydroxylation is 1. The minimum Gasteiger partial charge on any atom is -0.493 e. The molecule has 1 aliphatic rings. The molecule has 0 saturated heterocycles. The molecular weight excluding hydrogens is 262 g/mol. The summed E-state index contributed by atoms with van der Waals surface area (Å²) in [4.78, 5) is 0. The summed E-state index contributed by atoms with van der Waals surface area (Å²) in [6.45, 7) is 7.44. The summed E-state index contributed by atoms with van der Waals surface area (Å²) < 4.78 is 5.81. The third-order valence-electron chi connectivity index (χ3n) is 4.05. The van der Waals surface area contributed by atoms with Crippen molar-refractivity contribution < 1.29 is 9.84 Å². The molecule has 1 aliphatic carbocycles. The van der Waals surface area contributed by atoms with Gasteiger partial charge in [0.25, 0.3) is 0 Å². The number of benzene rings is 1. The molecule has 21 heavy (non-hydrogen) atoms. The van der Waals surface area contributed by atoms with Gasteiger partial charge in [0.1, 0.15) is 5.75 Å². The van der Waals surface area contributed by atoms with Crippen LogP contribution in [0.2, 0.25) is 0 Å². The highest BCUT2D eigenvalue weighted by Gasteiger charge is 2.20. The predicted octanol–water partition coefficient (Wildman–Crippen LogP) is 3.60. The van der Waals surface area contributed by atoms with Gasteiger partial charge in [-0.05, 0) is 69.3 Å². The minimum absolute atomic E-state index is 0.464. The van der Waals surface area contributed by atoms with Gasteiger partial charge in [0.15, 0.2) is 0 Å². The maximum atomic E-state index is 9.74. The largest absolute Gasteiger partial charge is 0.493 e. The van der Waals surface area contributed by atoms with Crippen molar-refractivity contribution in [3.05, 3.63) is 29.3 Å². The fraction of sp³-hybridized carbons (Fsp3) is 0.667. The second-order valence-electron chi connectivity index (χ2n) is 6.67. The Labute approximate surface area is 128 Å². The van der Waals surface area contributed by atoms with E-state index in [4.69, 9.17) is 4.74 Å². The molecule has 0 radical (unpaired) electrons. The van der Waals surface area contributed by atoms with Crippen LogP contribution in [0.3, 0.4) is 0 Å². The lowest BCUT2D eigenvalue weighted by Gasteiger charge is -2.27. The first-order valence-electron chi connectivity index (χ1n) is 8.21. The van der Waals surface area contributed by atoms with Crippen molar-refractivity contribution in [2.75, 3.05) is 13.2 Å². The summed E-state index contributed by atoms with van der Waals surface area (Å²) in [6, 6.07) is 6.91. The van der Waals surface area contributed by atoms with Gasteiger partial charge in [0.2, 0.25) is 0 Å². The maximum Gasteiger partial charge on any atom is 0.119 e. The van der Waals surface area contributed by atoms with E-state index in [1.165, 1.54) is 30.4 Å². The third kappa shape index (κ3) is 5.01. The molecule has 2 N–H and O–H groups in total. The highest BCUT2D eigenvalue weighted by molar-refractivity contribution is 5.39. The van der Waals surface area contributed by atoms with Gasteiger partial charge >= 0.3 is 0 Å². The number of ether oxygens (including phenoxy) is 1. The normalized spacial score (nSPS) is 18.4. The first kappa shape index (κ1) is 16.3. The molecule has 0 bridgehead atoms. The summed E-state index contributed by atoms with van der Waals surface area (Å²) in [5, 5.41) is 13.4. The summed E-state index contributed by atoms with van der Waals surface area (Å²) >= 11 is 0. The molecule has 0 spiro atoms. The van der Waals surface area contributed by atoms with Crippen LogP contribution in [0.1, 0.15) is 63.6 Å². The van der Waals surface area contributed by atoms with Crippen LogP contribution in [0.15, 0.2) is 18.2 Å². The van der Waals surface area contributed by atoms with Gasteiger partial charge in [-0.25, -0.2) is 0 Å². The number of aliphatic hydroxyl groups is 1. The smallest absolute Gasteiger partial charge is 0.119 e. The van der Waals surface area contributed by atoms with Crippen molar-refractivity contribution in [2.45, 2.75) is 64.5 Å². The Bertz CT molecular complexity index is 451. The Balaban J connectivity index is 2.02. The molecule has 2 rings (SSSR count). The molecule has 0 aromatic heterocycles. The first-order chi connectivity index (χ1) is 9.99. The number of hydrogen-bond acceptors (Lipinski definition) is 3. The average Bonchev–Trinajstić information content (AvgIpc) is 2.43. The molecule has 1 aromatic rings. The van der Waals surface area contributed by atoms with Crippen molar-refractivity contribution in [3.8, 4) is 5.75 Å². The van der Waals surface area contributed by atoms with Gasteiger partial charge in [-0.3, -0.25) is 0 Å². The number of hydrogen-bond donors (Lipinski definition) is 2. The van der Waals surface area contributed by atoms with E-state index in [-0.39, 0.29) is 0 Å². The van der Waals surface area contributed by atoms with Crippen LogP contribution in [0.4, 0.5) is 0 Å². The lowest BCUT2D eigenvalue weighted by Crippen LogP contribution is -2.26. The van der Waals surface area contributed by atoms with Crippen LogP contribution in [0.25, 0.3) is 0 Å². The van der Waals surface area contributed by atoms with Crippen LogP contribution in [-0.4, -0.2) is 23.9 Å². The lowest BCUT2D eigenvalue weighted by molar-refractivity contribution is 0.0553. The van der Waals surface area contributed by atoms with Gasteiger partial charge < -0.3 is 15.2 Å². The van der Waals surface area contributed by atoms with Crippen LogP contribution >= 0.6 is 0 Å². The van der Waals surface area contributed by atoms with Gasteiger partial charge in [-0.2, -0.15) is 0 Å².